The third kappa shape index (κ3) is 2.99. The number of halogens is 1. The number of aromatic nitrogens is 3. The van der Waals surface area contributed by atoms with Crippen LogP contribution in [0.25, 0.3) is 11.4 Å². The highest BCUT2D eigenvalue weighted by Gasteiger charge is 2.32. The summed E-state index contributed by atoms with van der Waals surface area (Å²) in [5.41, 5.74) is 3.57. The van der Waals surface area contributed by atoms with Crippen LogP contribution in [-0.2, 0) is 6.42 Å². The number of hydrogen-bond acceptors (Lipinski definition) is 4. The Balaban J connectivity index is 2.05. The van der Waals surface area contributed by atoms with Gasteiger partial charge in [-0.2, -0.15) is 0 Å². The van der Waals surface area contributed by atoms with Gasteiger partial charge in [0.05, 0.1) is 0 Å². The van der Waals surface area contributed by atoms with Crippen molar-refractivity contribution in [1.82, 2.24) is 20.3 Å². The number of nitrogens with one attached hydrogen (secondary N) is 1. The van der Waals surface area contributed by atoms with Gasteiger partial charge in [0.2, 0.25) is 0 Å². The fraction of sp³-hybridized carbons (Fsp3) is 0.438. The molecule has 0 bridgehead atoms. The van der Waals surface area contributed by atoms with Crippen LogP contribution in [0.2, 0.25) is 0 Å². The van der Waals surface area contributed by atoms with Gasteiger partial charge in [-0.1, -0.05) is 13.8 Å². The summed E-state index contributed by atoms with van der Waals surface area (Å²) in [6.45, 7) is 4.59. The van der Waals surface area contributed by atoms with Crippen LogP contribution in [0.1, 0.15) is 37.6 Å². The maximum absolute atomic E-state index is 4.81. The molecule has 1 N–H and O–H groups in total. The van der Waals surface area contributed by atoms with E-state index in [1.54, 1.807) is 12.4 Å². The molecule has 21 heavy (non-hydrogen) atoms. The van der Waals surface area contributed by atoms with E-state index in [1.807, 2.05) is 19.3 Å². The van der Waals surface area contributed by atoms with Crippen LogP contribution in [0.4, 0.5) is 0 Å². The Morgan fingerprint density at radius 3 is 2.81 bits per heavy atom. The predicted octanol–water partition coefficient (Wildman–Crippen LogP) is 3.53. The van der Waals surface area contributed by atoms with E-state index >= 15 is 0 Å². The molecule has 0 radical (unpaired) electrons. The van der Waals surface area contributed by atoms with E-state index in [9.17, 15) is 0 Å². The zero-order valence-electron chi connectivity index (χ0n) is 12.5. The summed E-state index contributed by atoms with van der Waals surface area (Å²) >= 11 is 3.45. The lowest BCUT2D eigenvalue weighted by Gasteiger charge is -2.36. The molecule has 2 aromatic rings. The highest BCUT2D eigenvalue weighted by Crippen LogP contribution is 2.39. The summed E-state index contributed by atoms with van der Waals surface area (Å²) in [4.78, 5) is 13.5. The van der Waals surface area contributed by atoms with E-state index in [1.165, 1.54) is 5.56 Å². The Morgan fingerprint density at radius 1 is 1.29 bits per heavy atom. The lowest BCUT2D eigenvalue weighted by atomic mass is 9.74. The molecule has 0 spiro atoms. The van der Waals surface area contributed by atoms with Crippen molar-refractivity contribution in [2.75, 3.05) is 7.05 Å². The van der Waals surface area contributed by atoms with E-state index in [4.69, 9.17) is 4.98 Å². The molecule has 0 saturated carbocycles. The number of fused-ring (bicyclic) bond motifs is 1. The molecule has 1 aliphatic carbocycles. The zero-order chi connectivity index (χ0) is 15.0. The topological polar surface area (TPSA) is 50.7 Å². The zero-order valence-corrected chi connectivity index (χ0v) is 14.1. The summed E-state index contributed by atoms with van der Waals surface area (Å²) in [5, 5.41) is 3.38. The Labute approximate surface area is 133 Å². The third-order valence-corrected chi connectivity index (χ3v) is 4.42. The minimum atomic E-state index is 0.252. The molecule has 3 rings (SSSR count). The second kappa shape index (κ2) is 5.46. The second-order valence-electron chi connectivity index (χ2n) is 6.37. The average molecular weight is 347 g/mol. The van der Waals surface area contributed by atoms with Crippen LogP contribution < -0.4 is 5.32 Å². The lowest BCUT2D eigenvalue weighted by molar-refractivity contribution is 0.260. The highest BCUT2D eigenvalue weighted by molar-refractivity contribution is 9.10. The molecule has 4 nitrogen and oxygen atoms in total. The molecule has 1 unspecified atom stereocenters. The molecule has 0 saturated heterocycles. The molecule has 1 atom stereocenters. The van der Waals surface area contributed by atoms with Crippen LogP contribution in [-0.4, -0.2) is 22.0 Å². The second-order valence-corrected chi connectivity index (χ2v) is 7.29. The van der Waals surface area contributed by atoms with Crippen molar-refractivity contribution >= 4 is 15.9 Å². The maximum atomic E-state index is 4.81. The molecule has 2 aromatic heterocycles. The van der Waals surface area contributed by atoms with Crippen LogP contribution in [0, 0.1) is 5.41 Å². The predicted molar refractivity (Wildman–Crippen MR) is 86.9 cm³/mol. The molecule has 0 aliphatic heterocycles. The van der Waals surface area contributed by atoms with Crippen LogP contribution >= 0.6 is 15.9 Å². The Bertz CT molecular complexity index is 669. The number of pyridine rings is 1. The standard InChI is InChI=1S/C16H19BrN4/c1-16(2)5-13(18-3)12-9-20-15(21-14(12)6-16)10-4-11(17)8-19-7-10/h4,7-9,13,18H,5-6H2,1-3H3. The van der Waals surface area contributed by atoms with Crippen LogP contribution in [0.5, 0.6) is 0 Å². The molecule has 0 fully saturated rings. The van der Waals surface area contributed by atoms with Crippen molar-refractivity contribution in [2.24, 2.45) is 5.41 Å². The van der Waals surface area contributed by atoms with Gasteiger partial charge in [-0.25, -0.2) is 9.97 Å². The fourth-order valence-corrected chi connectivity index (χ4v) is 3.34. The summed E-state index contributed by atoms with van der Waals surface area (Å²) in [6.07, 6.45) is 7.63. The average Bonchev–Trinajstić information content (AvgIpc) is 2.44. The normalized spacial score (nSPS) is 20.1. The van der Waals surface area contributed by atoms with Gasteiger partial charge in [-0.15, -0.1) is 0 Å². The van der Waals surface area contributed by atoms with Crippen molar-refractivity contribution < 1.29 is 0 Å². The molecule has 1 aliphatic rings. The summed E-state index contributed by atoms with van der Waals surface area (Å²) in [6, 6.07) is 2.33. The van der Waals surface area contributed by atoms with E-state index < -0.39 is 0 Å². The van der Waals surface area contributed by atoms with Crippen molar-refractivity contribution in [1.29, 1.82) is 0 Å². The van der Waals surface area contributed by atoms with Gasteiger partial charge < -0.3 is 5.32 Å². The summed E-state index contributed by atoms with van der Waals surface area (Å²) < 4.78 is 0.940. The SMILES string of the molecule is CNC1CC(C)(C)Cc2nc(-c3cncc(Br)c3)ncc21. The first-order chi connectivity index (χ1) is 9.98. The quantitative estimate of drug-likeness (QED) is 0.903. The van der Waals surface area contributed by atoms with E-state index in [0.717, 1.165) is 34.4 Å². The monoisotopic (exact) mass is 346 g/mol. The smallest absolute Gasteiger partial charge is 0.160 e. The summed E-state index contributed by atoms with van der Waals surface area (Å²) in [5.74, 6) is 0.745. The highest BCUT2D eigenvalue weighted by atomic mass is 79.9. The van der Waals surface area contributed by atoms with Gasteiger partial charge in [-0.05, 0) is 47.3 Å². The number of rotatable bonds is 2. The van der Waals surface area contributed by atoms with Gasteiger partial charge in [0.1, 0.15) is 0 Å². The molecule has 5 heteroatoms. The largest absolute Gasteiger partial charge is 0.313 e. The van der Waals surface area contributed by atoms with Crippen LogP contribution in [0.15, 0.2) is 29.1 Å². The minimum absolute atomic E-state index is 0.252. The molecule has 110 valence electrons. The molecule has 2 heterocycles. The fourth-order valence-electron chi connectivity index (χ4n) is 2.98. The molecule has 0 amide bonds. The van der Waals surface area contributed by atoms with Gasteiger partial charge in [0.25, 0.3) is 0 Å². The first-order valence-corrected chi connectivity index (χ1v) is 7.92. The number of nitrogens with zero attached hydrogens (tertiary/aromatic N) is 3. The molecule has 0 aromatic carbocycles. The third-order valence-electron chi connectivity index (χ3n) is 3.99. The Morgan fingerprint density at radius 2 is 2.10 bits per heavy atom. The lowest BCUT2D eigenvalue weighted by Crippen LogP contribution is -2.32. The van der Waals surface area contributed by atoms with Gasteiger partial charge >= 0.3 is 0 Å². The van der Waals surface area contributed by atoms with E-state index in [0.29, 0.717) is 6.04 Å². The van der Waals surface area contributed by atoms with Crippen molar-refractivity contribution in [3.63, 3.8) is 0 Å². The number of hydrogen-bond donors (Lipinski definition) is 1. The van der Waals surface area contributed by atoms with E-state index in [2.05, 4.69) is 45.1 Å². The Hall–Kier alpha value is -1.33. The van der Waals surface area contributed by atoms with Crippen LogP contribution in [0.3, 0.4) is 0 Å². The summed E-state index contributed by atoms with van der Waals surface area (Å²) in [7, 11) is 2.00. The maximum Gasteiger partial charge on any atom is 0.160 e. The van der Waals surface area contributed by atoms with Gasteiger partial charge in [0.15, 0.2) is 5.82 Å². The first-order valence-electron chi connectivity index (χ1n) is 7.12. The van der Waals surface area contributed by atoms with Crippen molar-refractivity contribution in [3.05, 3.63) is 40.4 Å². The van der Waals surface area contributed by atoms with Gasteiger partial charge in [0, 0.05) is 45.9 Å². The van der Waals surface area contributed by atoms with Gasteiger partial charge in [-0.3, -0.25) is 4.98 Å². The molecular formula is C16H19BrN4. The van der Waals surface area contributed by atoms with Crippen molar-refractivity contribution in [3.8, 4) is 11.4 Å². The van der Waals surface area contributed by atoms with Crippen molar-refractivity contribution in [2.45, 2.75) is 32.7 Å². The first kappa shape index (κ1) is 14.6. The van der Waals surface area contributed by atoms with E-state index in [-0.39, 0.29) is 5.41 Å². The molecular weight excluding hydrogens is 328 g/mol. The Kier molecular flexibility index (Phi) is 3.80. The minimum Gasteiger partial charge on any atom is -0.313 e.